The number of nitriles is 1. The Morgan fingerprint density at radius 1 is 1.59 bits per heavy atom. The highest BCUT2D eigenvalue weighted by Gasteiger charge is 2.29. The molecule has 1 aliphatic heterocycles. The number of nitrogens with one attached hydrogen (secondary N) is 1. The second-order valence-corrected chi connectivity index (χ2v) is 3.91. The van der Waals surface area contributed by atoms with Crippen molar-refractivity contribution in [2.75, 3.05) is 6.54 Å². The Labute approximate surface area is 97.6 Å². The molecule has 1 saturated heterocycles. The number of phenolic OH excluding ortho intramolecular Hbond substituents is 1. The number of aromatic hydroxyl groups is 1. The number of nitrogens with zero attached hydrogens (tertiary/aromatic N) is 2. The molecule has 6 heteroatoms. The molecular weight excluding hydrogens is 222 g/mol. The SMILES string of the molecule is N#Cc1ccc([N+](=O)[O-])c([C@@H]2CCCN2)c1O. The number of benzene rings is 1. The molecule has 1 aromatic carbocycles. The molecule has 0 spiro atoms. The van der Waals surface area contributed by atoms with E-state index in [0.29, 0.717) is 0 Å². The minimum Gasteiger partial charge on any atom is -0.506 e. The van der Waals surface area contributed by atoms with E-state index < -0.39 is 4.92 Å². The van der Waals surface area contributed by atoms with Gasteiger partial charge in [-0.25, -0.2) is 0 Å². The van der Waals surface area contributed by atoms with Gasteiger partial charge in [0.05, 0.1) is 16.1 Å². The monoisotopic (exact) mass is 233 g/mol. The number of hydrogen-bond acceptors (Lipinski definition) is 5. The maximum Gasteiger partial charge on any atom is 0.277 e. The van der Waals surface area contributed by atoms with Crippen LogP contribution in [-0.2, 0) is 0 Å². The molecule has 1 heterocycles. The summed E-state index contributed by atoms with van der Waals surface area (Å²) in [6.45, 7) is 0.762. The lowest BCUT2D eigenvalue weighted by atomic mass is 9.99. The lowest BCUT2D eigenvalue weighted by molar-refractivity contribution is -0.385. The molecule has 0 bridgehead atoms. The fraction of sp³-hybridized carbons (Fsp3) is 0.364. The van der Waals surface area contributed by atoms with Gasteiger partial charge in [-0.15, -0.1) is 0 Å². The number of phenols is 1. The fourth-order valence-electron chi connectivity index (χ4n) is 2.12. The molecule has 2 rings (SSSR count). The van der Waals surface area contributed by atoms with Crippen LogP contribution in [0.25, 0.3) is 0 Å². The first-order valence-electron chi connectivity index (χ1n) is 5.29. The van der Waals surface area contributed by atoms with Crippen molar-refractivity contribution >= 4 is 5.69 Å². The number of rotatable bonds is 2. The van der Waals surface area contributed by atoms with Gasteiger partial charge >= 0.3 is 0 Å². The van der Waals surface area contributed by atoms with Crippen LogP contribution in [0.2, 0.25) is 0 Å². The number of hydrogen-bond donors (Lipinski definition) is 2. The molecule has 88 valence electrons. The summed E-state index contributed by atoms with van der Waals surface area (Å²) >= 11 is 0. The zero-order chi connectivity index (χ0) is 12.4. The van der Waals surface area contributed by atoms with Gasteiger partial charge in [-0.1, -0.05) is 0 Å². The van der Waals surface area contributed by atoms with E-state index in [1.807, 2.05) is 6.07 Å². The van der Waals surface area contributed by atoms with Crippen molar-refractivity contribution < 1.29 is 10.0 Å². The predicted octanol–water partition coefficient (Wildman–Crippen LogP) is 1.60. The first-order chi connectivity index (χ1) is 8.15. The highest BCUT2D eigenvalue weighted by atomic mass is 16.6. The smallest absolute Gasteiger partial charge is 0.277 e. The third-order valence-electron chi connectivity index (χ3n) is 2.92. The molecule has 1 atom stereocenters. The highest BCUT2D eigenvalue weighted by molar-refractivity contribution is 5.58. The van der Waals surface area contributed by atoms with Crippen LogP contribution in [0.1, 0.15) is 30.0 Å². The summed E-state index contributed by atoms with van der Waals surface area (Å²) in [4.78, 5) is 10.4. The topological polar surface area (TPSA) is 99.2 Å². The lowest BCUT2D eigenvalue weighted by Crippen LogP contribution is -2.15. The Morgan fingerprint density at radius 3 is 2.88 bits per heavy atom. The fourth-order valence-corrected chi connectivity index (χ4v) is 2.12. The van der Waals surface area contributed by atoms with Gasteiger partial charge in [0.15, 0.2) is 0 Å². The molecule has 1 fully saturated rings. The third kappa shape index (κ3) is 1.92. The summed E-state index contributed by atoms with van der Waals surface area (Å²) < 4.78 is 0. The second-order valence-electron chi connectivity index (χ2n) is 3.91. The van der Waals surface area contributed by atoms with E-state index in [1.54, 1.807) is 0 Å². The number of nitro groups is 1. The van der Waals surface area contributed by atoms with Gasteiger partial charge < -0.3 is 10.4 Å². The van der Waals surface area contributed by atoms with Crippen LogP contribution in [0.4, 0.5) is 5.69 Å². The van der Waals surface area contributed by atoms with E-state index in [9.17, 15) is 15.2 Å². The predicted molar refractivity (Wildman–Crippen MR) is 59.5 cm³/mol. The minimum absolute atomic E-state index is 0.0688. The average molecular weight is 233 g/mol. The third-order valence-corrected chi connectivity index (χ3v) is 2.92. The van der Waals surface area contributed by atoms with Gasteiger partial charge in [0, 0.05) is 12.1 Å². The van der Waals surface area contributed by atoms with E-state index in [1.165, 1.54) is 12.1 Å². The normalized spacial score (nSPS) is 18.9. The summed E-state index contributed by atoms with van der Waals surface area (Å²) in [6, 6.07) is 4.12. The number of nitro benzene ring substituents is 1. The summed E-state index contributed by atoms with van der Waals surface area (Å²) in [7, 11) is 0. The van der Waals surface area contributed by atoms with E-state index in [-0.39, 0.29) is 28.6 Å². The van der Waals surface area contributed by atoms with Crippen molar-refractivity contribution in [3.63, 3.8) is 0 Å². The first-order valence-corrected chi connectivity index (χ1v) is 5.29. The molecule has 1 aromatic rings. The summed E-state index contributed by atoms with van der Waals surface area (Å²) in [6.07, 6.45) is 1.63. The molecule has 0 aliphatic carbocycles. The first kappa shape index (κ1) is 11.4. The molecule has 0 unspecified atom stereocenters. The van der Waals surface area contributed by atoms with Crippen molar-refractivity contribution in [3.8, 4) is 11.8 Å². The van der Waals surface area contributed by atoms with Crippen molar-refractivity contribution in [1.82, 2.24) is 5.32 Å². The molecule has 6 nitrogen and oxygen atoms in total. The van der Waals surface area contributed by atoms with Gasteiger partial charge in [0.25, 0.3) is 5.69 Å². The molecular formula is C11H11N3O3. The Morgan fingerprint density at radius 2 is 2.35 bits per heavy atom. The summed E-state index contributed by atoms with van der Waals surface area (Å²) in [5.74, 6) is -0.277. The minimum atomic E-state index is -0.532. The van der Waals surface area contributed by atoms with Crippen molar-refractivity contribution in [2.24, 2.45) is 0 Å². The maximum atomic E-state index is 10.9. The van der Waals surface area contributed by atoms with Gasteiger partial charge in [-0.2, -0.15) is 5.26 Å². The Balaban J connectivity index is 2.58. The van der Waals surface area contributed by atoms with E-state index in [4.69, 9.17) is 5.26 Å². The zero-order valence-corrected chi connectivity index (χ0v) is 9.01. The Hall–Kier alpha value is -2.13. The van der Waals surface area contributed by atoms with Gasteiger partial charge in [-0.05, 0) is 25.5 Å². The average Bonchev–Trinajstić information content (AvgIpc) is 2.81. The van der Waals surface area contributed by atoms with Crippen LogP contribution in [-0.4, -0.2) is 16.6 Å². The van der Waals surface area contributed by atoms with E-state index in [2.05, 4.69) is 5.32 Å². The van der Waals surface area contributed by atoms with Crippen molar-refractivity contribution in [3.05, 3.63) is 33.4 Å². The molecule has 0 aromatic heterocycles. The largest absolute Gasteiger partial charge is 0.506 e. The van der Waals surface area contributed by atoms with E-state index >= 15 is 0 Å². The molecule has 0 amide bonds. The molecule has 1 aliphatic rings. The van der Waals surface area contributed by atoms with Crippen LogP contribution in [0.3, 0.4) is 0 Å². The van der Waals surface area contributed by atoms with Crippen LogP contribution < -0.4 is 5.32 Å². The van der Waals surface area contributed by atoms with Crippen molar-refractivity contribution in [1.29, 1.82) is 5.26 Å². The maximum absolute atomic E-state index is 10.9. The van der Waals surface area contributed by atoms with Gasteiger partial charge in [-0.3, -0.25) is 10.1 Å². The second kappa shape index (κ2) is 4.39. The quantitative estimate of drug-likeness (QED) is 0.597. The zero-order valence-electron chi connectivity index (χ0n) is 9.01. The molecule has 2 N–H and O–H groups in total. The van der Waals surface area contributed by atoms with E-state index in [0.717, 1.165) is 19.4 Å². The van der Waals surface area contributed by atoms with Crippen LogP contribution in [0.15, 0.2) is 12.1 Å². The summed E-state index contributed by atoms with van der Waals surface area (Å²) in [5, 5.41) is 32.7. The van der Waals surface area contributed by atoms with Crippen LogP contribution in [0.5, 0.6) is 5.75 Å². The van der Waals surface area contributed by atoms with Crippen LogP contribution >= 0.6 is 0 Å². The Bertz CT molecular complexity index is 501. The molecule has 0 saturated carbocycles. The molecule has 17 heavy (non-hydrogen) atoms. The van der Waals surface area contributed by atoms with Gasteiger partial charge in [0.1, 0.15) is 11.8 Å². The van der Waals surface area contributed by atoms with Gasteiger partial charge in [0.2, 0.25) is 0 Å². The molecule has 0 radical (unpaired) electrons. The van der Waals surface area contributed by atoms with Crippen LogP contribution in [0, 0.1) is 21.4 Å². The summed E-state index contributed by atoms with van der Waals surface area (Å²) in [5.41, 5.74) is 0.159. The highest BCUT2D eigenvalue weighted by Crippen LogP contribution is 2.38. The standard InChI is InChI=1S/C11H11N3O3/c12-6-7-3-4-9(14(16)17)10(11(7)15)8-2-1-5-13-8/h3-4,8,13,15H,1-2,5H2/t8-/m0/s1. The Kier molecular flexibility index (Phi) is 2.93. The lowest BCUT2D eigenvalue weighted by Gasteiger charge is -2.13. The van der Waals surface area contributed by atoms with Crippen molar-refractivity contribution in [2.45, 2.75) is 18.9 Å².